The lowest BCUT2D eigenvalue weighted by atomic mass is 10.1. The van der Waals surface area contributed by atoms with Crippen molar-refractivity contribution in [2.45, 2.75) is 31.8 Å². The van der Waals surface area contributed by atoms with Crippen molar-refractivity contribution in [1.82, 2.24) is 15.3 Å². The second-order valence-electron chi connectivity index (χ2n) is 6.42. The van der Waals surface area contributed by atoms with Crippen LogP contribution in [0.5, 0.6) is 0 Å². The predicted molar refractivity (Wildman–Crippen MR) is 99.3 cm³/mol. The molecule has 8 nitrogen and oxygen atoms in total. The molecule has 2 aliphatic rings. The SMILES string of the molecule is CC(N)C(=O)NC1CCCN(c2cc(N3CCOCC3)ncn2)C1.Cl. The van der Waals surface area contributed by atoms with E-state index in [1.807, 2.05) is 6.07 Å². The second kappa shape index (κ2) is 9.17. The van der Waals surface area contributed by atoms with Gasteiger partial charge in [0.2, 0.25) is 5.91 Å². The van der Waals surface area contributed by atoms with Crippen LogP contribution < -0.4 is 20.9 Å². The van der Waals surface area contributed by atoms with Gasteiger partial charge in [-0.05, 0) is 19.8 Å². The summed E-state index contributed by atoms with van der Waals surface area (Å²) in [6.45, 7) is 6.55. The Morgan fingerprint density at radius 3 is 2.64 bits per heavy atom. The summed E-state index contributed by atoms with van der Waals surface area (Å²) in [5.41, 5.74) is 5.64. The fraction of sp³-hybridized carbons (Fsp3) is 0.688. The highest BCUT2D eigenvalue weighted by Gasteiger charge is 2.24. The van der Waals surface area contributed by atoms with E-state index < -0.39 is 6.04 Å². The lowest BCUT2D eigenvalue weighted by molar-refractivity contribution is -0.122. The number of aromatic nitrogens is 2. The summed E-state index contributed by atoms with van der Waals surface area (Å²) in [6, 6.07) is 1.66. The molecule has 3 N–H and O–H groups in total. The van der Waals surface area contributed by atoms with Crippen LogP contribution in [0.2, 0.25) is 0 Å². The summed E-state index contributed by atoms with van der Waals surface area (Å²) in [5.74, 6) is 1.75. The van der Waals surface area contributed by atoms with Gasteiger partial charge in [-0.2, -0.15) is 0 Å². The molecular formula is C16H27ClN6O2. The minimum atomic E-state index is -0.479. The number of nitrogens with zero attached hydrogens (tertiary/aromatic N) is 4. The van der Waals surface area contributed by atoms with Gasteiger partial charge in [-0.1, -0.05) is 0 Å². The quantitative estimate of drug-likeness (QED) is 0.779. The maximum absolute atomic E-state index is 11.8. The van der Waals surface area contributed by atoms with Crippen LogP contribution in [0.4, 0.5) is 11.6 Å². The molecule has 2 aliphatic heterocycles. The predicted octanol–water partition coefficient (Wildman–Crippen LogP) is 0.167. The minimum absolute atomic E-state index is 0. The van der Waals surface area contributed by atoms with Crippen molar-refractivity contribution in [3.63, 3.8) is 0 Å². The Kier molecular flexibility index (Phi) is 7.22. The van der Waals surface area contributed by atoms with E-state index in [1.165, 1.54) is 0 Å². The molecule has 140 valence electrons. The van der Waals surface area contributed by atoms with Crippen molar-refractivity contribution in [2.24, 2.45) is 5.73 Å². The Bertz CT molecular complexity index is 567. The van der Waals surface area contributed by atoms with E-state index in [9.17, 15) is 4.79 Å². The van der Waals surface area contributed by atoms with Crippen molar-refractivity contribution < 1.29 is 9.53 Å². The van der Waals surface area contributed by atoms with Crippen LogP contribution in [0.15, 0.2) is 12.4 Å². The van der Waals surface area contributed by atoms with Crippen molar-refractivity contribution >= 4 is 29.9 Å². The highest BCUT2D eigenvalue weighted by atomic mass is 35.5. The topological polar surface area (TPSA) is 96.6 Å². The number of halogens is 1. The normalized spacial score (nSPS) is 22.1. The van der Waals surface area contributed by atoms with Crippen LogP contribution in [0.3, 0.4) is 0 Å². The van der Waals surface area contributed by atoms with Crippen molar-refractivity contribution in [3.05, 3.63) is 12.4 Å². The maximum atomic E-state index is 11.8. The number of anilines is 2. The Balaban J connectivity index is 0.00000225. The molecule has 2 saturated heterocycles. The molecule has 1 aromatic heterocycles. The van der Waals surface area contributed by atoms with Gasteiger partial charge in [-0.25, -0.2) is 9.97 Å². The zero-order chi connectivity index (χ0) is 16.9. The molecule has 2 unspecified atom stereocenters. The van der Waals surface area contributed by atoms with E-state index >= 15 is 0 Å². The molecule has 2 fully saturated rings. The minimum Gasteiger partial charge on any atom is -0.378 e. The summed E-state index contributed by atoms with van der Waals surface area (Å²) >= 11 is 0. The number of amides is 1. The Hall–Kier alpha value is -1.64. The molecule has 3 heterocycles. The number of nitrogens with one attached hydrogen (secondary N) is 1. The molecule has 1 amide bonds. The number of carbonyl (C=O) groups excluding carboxylic acids is 1. The van der Waals surface area contributed by atoms with Gasteiger partial charge >= 0.3 is 0 Å². The molecule has 0 saturated carbocycles. The molecular weight excluding hydrogens is 344 g/mol. The van der Waals surface area contributed by atoms with Gasteiger partial charge < -0.3 is 25.6 Å². The van der Waals surface area contributed by atoms with Crippen LogP contribution >= 0.6 is 12.4 Å². The number of ether oxygens (including phenoxy) is 1. The van der Waals surface area contributed by atoms with E-state index in [2.05, 4.69) is 25.1 Å². The van der Waals surface area contributed by atoms with E-state index in [4.69, 9.17) is 10.5 Å². The highest BCUT2D eigenvalue weighted by Crippen LogP contribution is 2.22. The summed E-state index contributed by atoms with van der Waals surface area (Å²) in [5, 5.41) is 3.02. The fourth-order valence-electron chi connectivity index (χ4n) is 3.11. The molecule has 0 aromatic carbocycles. The van der Waals surface area contributed by atoms with E-state index in [0.717, 1.165) is 63.9 Å². The van der Waals surface area contributed by atoms with Crippen LogP contribution in [0.25, 0.3) is 0 Å². The Morgan fingerprint density at radius 1 is 1.28 bits per heavy atom. The number of hydrogen-bond acceptors (Lipinski definition) is 7. The molecule has 2 atom stereocenters. The summed E-state index contributed by atoms with van der Waals surface area (Å²) in [7, 11) is 0. The maximum Gasteiger partial charge on any atom is 0.236 e. The van der Waals surface area contributed by atoms with E-state index in [0.29, 0.717) is 0 Å². The molecule has 9 heteroatoms. The van der Waals surface area contributed by atoms with Crippen LogP contribution in [0, 0.1) is 0 Å². The number of hydrogen-bond donors (Lipinski definition) is 2. The highest BCUT2D eigenvalue weighted by molar-refractivity contribution is 5.85. The number of carbonyl (C=O) groups is 1. The third-order valence-corrected chi connectivity index (χ3v) is 4.48. The zero-order valence-corrected chi connectivity index (χ0v) is 15.4. The van der Waals surface area contributed by atoms with Gasteiger partial charge in [-0.15, -0.1) is 12.4 Å². The molecule has 0 aliphatic carbocycles. The van der Waals surface area contributed by atoms with Crippen molar-refractivity contribution in [1.29, 1.82) is 0 Å². The number of morpholine rings is 1. The fourth-order valence-corrected chi connectivity index (χ4v) is 3.11. The van der Waals surface area contributed by atoms with Gasteiger partial charge in [-0.3, -0.25) is 4.79 Å². The molecule has 3 rings (SSSR count). The van der Waals surface area contributed by atoms with Crippen LogP contribution in [-0.4, -0.2) is 67.4 Å². The average molecular weight is 371 g/mol. The number of piperidine rings is 1. The summed E-state index contributed by atoms with van der Waals surface area (Å²) in [4.78, 5) is 25.1. The van der Waals surface area contributed by atoms with E-state index in [1.54, 1.807) is 13.3 Å². The first-order valence-corrected chi connectivity index (χ1v) is 8.59. The first kappa shape index (κ1) is 19.7. The number of rotatable bonds is 4. The third-order valence-electron chi connectivity index (χ3n) is 4.48. The first-order valence-electron chi connectivity index (χ1n) is 8.59. The molecule has 0 spiro atoms. The van der Waals surface area contributed by atoms with Crippen LogP contribution in [0.1, 0.15) is 19.8 Å². The lowest BCUT2D eigenvalue weighted by Gasteiger charge is -2.35. The molecule has 0 radical (unpaired) electrons. The molecule has 0 bridgehead atoms. The van der Waals surface area contributed by atoms with Crippen LogP contribution in [-0.2, 0) is 9.53 Å². The van der Waals surface area contributed by atoms with Crippen molar-refractivity contribution in [2.75, 3.05) is 49.2 Å². The van der Waals surface area contributed by atoms with Gasteiger partial charge in [0.15, 0.2) is 0 Å². The summed E-state index contributed by atoms with van der Waals surface area (Å²) in [6.07, 6.45) is 3.60. The smallest absolute Gasteiger partial charge is 0.236 e. The van der Waals surface area contributed by atoms with Gasteiger partial charge in [0.25, 0.3) is 0 Å². The lowest BCUT2D eigenvalue weighted by Crippen LogP contribution is -2.51. The monoisotopic (exact) mass is 370 g/mol. The van der Waals surface area contributed by atoms with Crippen molar-refractivity contribution in [3.8, 4) is 0 Å². The first-order chi connectivity index (χ1) is 11.6. The molecule has 25 heavy (non-hydrogen) atoms. The zero-order valence-electron chi connectivity index (χ0n) is 14.6. The number of nitrogens with two attached hydrogens (primary N) is 1. The van der Waals surface area contributed by atoms with Gasteiger partial charge in [0.1, 0.15) is 18.0 Å². The summed E-state index contributed by atoms with van der Waals surface area (Å²) < 4.78 is 5.39. The third kappa shape index (κ3) is 5.17. The average Bonchev–Trinajstić information content (AvgIpc) is 2.63. The standard InChI is InChI=1S/C16H26N6O2.ClH/c1-12(17)16(23)20-13-3-2-4-22(10-13)15-9-14(18-11-19-15)21-5-7-24-8-6-21;/h9,11-13H,2-8,10,17H2,1H3,(H,20,23);1H. The van der Waals surface area contributed by atoms with Gasteiger partial charge in [0.05, 0.1) is 19.3 Å². The second-order valence-corrected chi connectivity index (χ2v) is 6.42. The Labute approximate surface area is 154 Å². The molecule has 1 aromatic rings. The Morgan fingerprint density at radius 2 is 1.96 bits per heavy atom. The van der Waals surface area contributed by atoms with E-state index in [-0.39, 0.29) is 24.4 Å². The largest absolute Gasteiger partial charge is 0.378 e. The van der Waals surface area contributed by atoms with Gasteiger partial charge in [0, 0.05) is 38.3 Å².